The number of nitrogens with zero attached hydrogens (tertiary/aromatic N) is 2. The van der Waals surface area contributed by atoms with E-state index in [0.717, 1.165) is 29.4 Å². The first-order valence-electron chi connectivity index (χ1n) is 11.1. The number of fused-ring (bicyclic) bond motifs is 1. The van der Waals surface area contributed by atoms with E-state index in [1.807, 2.05) is 45.0 Å². The van der Waals surface area contributed by atoms with Crippen molar-refractivity contribution >= 4 is 27.0 Å². The van der Waals surface area contributed by atoms with E-state index in [1.165, 1.54) is 4.31 Å². The summed E-state index contributed by atoms with van der Waals surface area (Å²) < 4.78 is 28.1. The molecule has 0 aliphatic carbocycles. The smallest absolute Gasteiger partial charge is 0.243 e. The van der Waals surface area contributed by atoms with Gasteiger partial charge in [-0.2, -0.15) is 4.31 Å². The molecule has 0 saturated carbocycles. The number of rotatable bonds is 6. The lowest BCUT2D eigenvalue weighted by atomic mass is 10.0. The summed E-state index contributed by atoms with van der Waals surface area (Å²) >= 11 is 0. The lowest BCUT2D eigenvalue weighted by Crippen LogP contribution is -2.52. The molecule has 1 aliphatic rings. The number of nitrogens with one attached hydrogen (secondary N) is 2. The number of carbonyl (C=O) groups is 1. The van der Waals surface area contributed by atoms with Gasteiger partial charge >= 0.3 is 0 Å². The summed E-state index contributed by atoms with van der Waals surface area (Å²) in [5.74, 6) is 0.475. The Labute approximate surface area is 189 Å². The second kappa shape index (κ2) is 9.03. The zero-order valence-corrected chi connectivity index (χ0v) is 19.5. The molecule has 32 heavy (non-hydrogen) atoms. The first-order chi connectivity index (χ1) is 15.3. The van der Waals surface area contributed by atoms with Crippen LogP contribution in [0.15, 0.2) is 53.4 Å². The second-order valence-corrected chi connectivity index (χ2v) is 10.7. The fraction of sp³-hybridized carbons (Fsp3) is 0.417. The number of imidazole rings is 1. The van der Waals surface area contributed by atoms with Gasteiger partial charge < -0.3 is 10.3 Å². The molecule has 2 N–H and O–H groups in total. The maximum Gasteiger partial charge on any atom is 0.243 e. The van der Waals surface area contributed by atoms with Crippen molar-refractivity contribution in [2.75, 3.05) is 6.54 Å². The Morgan fingerprint density at radius 3 is 2.53 bits per heavy atom. The SMILES string of the molecule is Cc1ccc(S(=O)(=O)N2CCCC[C@H]2C(=O)N[C@@H](c2nc3ccccc3[nH]2)C(C)C)cc1. The first-order valence-corrected chi connectivity index (χ1v) is 12.5. The van der Waals surface area contributed by atoms with E-state index in [4.69, 9.17) is 0 Å². The summed E-state index contributed by atoms with van der Waals surface area (Å²) in [4.78, 5) is 21.6. The summed E-state index contributed by atoms with van der Waals surface area (Å²) in [5.41, 5.74) is 2.73. The normalized spacial score (nSPS) is 18.7. The molecule has 1 amide bonds. The average molecular weight is 455 g/mol. The van der Waals surface area contributed by atoms with Crippen LogP contribution in [0.25, 0.3) is 11.0 Å². The van der Waals surface area contributed by atoms with Crippen LogP contribution in [-0.4, -0.2) is 41.2 Å². The van der Waals surface area contributed by atoms with Gasteiger partial charge in [-0.3, -0.25) is 4.79 Å². The molecular formula is C24H30N4O3S. The van der Waals surface area contributed by atoms with Crippen LogP contribution in [0.5, 0.6) is 0 Å². The van der Waals surface area contributed by atoms with E-state index < -0.39 is 16.1 Å². The number of carbonyl (C=O) groups excluding carboxylic acids is 1. The number of sulfonamides is 1. The van der Waals surface area contributed by atoms with Crippen LogP contribution in [-0.2, 0) is 14.8 Å². The van der Waals surface area contributed by atoms with Crippen molar-refractivity contribution in [2.45, 2.75) is 57.0 Å². The third-order valence-electron chi connectivity index (χ3n) is 6.05. The number of aromatic nitrogens is 2. The van der Waals surface area contributed by atoms with Gasteiger partial charge in [-0.25, -0.2) is 13.4 Å². The number of benzene rings is 2. The Morgan fingerprint density at radius 2 is 1.84 bits per heavy atom. The molecule has 0 unspecified atom stereocenters. The number of para-hydroxylation sites is 2. The molecule has 2 heterocycles. The fourth-order valence-electron chi connectivity index (χ4n) is 4.22. The molecule has 2 atom stereocenters. The molecular weight excluding hydrogens is 424 g/mol. The van der Waals surface area contributed by atoms with Crippen LogP contribution in [0.1, 0.15) is 50.5 Å². The van der Waals surface area contributed by atoms with Crippen molar-refractivity contribution in [3.8, 4) is 0 Å². The van der Waals surface area contributed by atoms with Crippen LogP contribution >= 0.6 is 0 Å². The fourth-order valence-corrected chi connectivity index (χ4v) is 5.88. The van der Waals surface area contributed by atoms with Gasteiger partial charge in [-0.1, -0.05) is 50.1 Å². The third-order valence-corrected chi connectivity index (χ3v) is 7.97. The number of H-pyrrole nitrogens is 1. The standard InChI is InChI=1S/C24H30N4O3S/c1-16(2)22(23-25-19-8-4-5-9-20(19)26-23)27-24(29)21-10-6-7-15-28(21)32(30,31)18-13-11-17(3)12-14-18/h4-5,8-9,11-14,16,21-22H,6-7,10,15H2,1-3H3,(H,25,26)(H,27,29)/t21-,22+/m0/s1. The number of aryl methyl sites for hydroxylation is 1. The average Bonchev–Trinajstić information content (AvgIpc) is 3.21. The van der Waals surface area contributed by atoms with Gasteiger partial charge in [0, 0.05) is 6.54 Å². The van der Waals surface area contributed by atoms with Crippen LogP contribution in [0.4, 0.5) is 0 Å². The molecule has 2 aromatic carbocycles. The second-order valence-electron chi connectivity index (χ2n) is 8.81. The molecule has 3 aromatic rings. The van der Waals surface area contributed by atoms with E-state index in [1.54, 1.807) is 24.3 Å². The largest absolute Gasteiger partial charge is 0.344 e. The van der Waals surface area contributed by atoms with Crippen molar-refractivity contribution in [1.29, 1.82) is 0 Å². The van der Waals surface area contributed by atoms with Crippen molar-refractivity contribution in [1.82, 2.24) is 19.6 Å². The summed E-state index contributed by atoms with van der Waals surface area (Å²) in [7, 11) is -3.77. The molecule has 7 nitrogen and oxygen atoms in total. The molecule has 0 bridgehead atoms. The van der Waals surface area contributed by atoms with Crippen LogP contribution in [0, 0.1) is 12.8 Å². The van der Waals surface area contributed by atoms with Gasteiger partial charge in [0.15, 0.2) is 0 Å². The highest BCUT2D eigenvalue weighted by Crippen LogP contribution is 2.28. The molecule has 170 valence electrons. The van der Waals surface area contributed by atoms with Gasteiger partial charge in [0.1, 0.15) is 11.9 Å². The summed E-state index contributed by atoms with van der Waals surface area (Å²) in [6.45, 7) is 6.28. The minimum atomic E-state index is -3.77. The summed E-state index contributed by atoms with van der Waals surface area (Å²) in [6, 6.07) is 13.4. The molecule has 1 aliphatic heterocycles. The minimum Gasteiger partial charge on any atom is -0.344 e. The highest BCUT2D eigenvalue weighted by Gasteiger charge is 2.38. The monoisotopic (exact) mass is 454 g/mol. The minimum absolute atomic E-state index is 0.0743. The van der Waals surface area contributed by atoms with Gasteiger partial charge in [-0.15, -0.1) is 0 Å². The van der Waals surface area contributed by atoms with Crippen LogP contribution in [0.3, 0.4) is 0 Å². The van der Waals surface area contributed by atoms with E-state index in [-0.39, 0.29) is 22.8 Å². The Bertz CT molecular complexity index is 1170. The summed E-state index contributed by atoms with van der Waals surface area (Å²) in [6.07, 6.45) is 2.06. The lowest BCUT2D eigenvalue weighted by Gasteiger charge is -2.35. The quantitative estimate of drug-likeness (QED) is 0.590. The molecule has 1 aromatic heterocycles. The Balaban J connectivity index is 1.60. The summed E-state index contributed by atoms with van der Waals surface area (Å²) in [5, 5.41) is 3.09. The molecule has 1 fully saturated rings. The predicted molar refractivity (Wildman–Crippen MR) is 125 cm³/mol. The van der Waals surface area contributed by atoms with E-state index >= 15 is 0 Å². The van der Waals surface area contributed by atoms with Crippen molar-refractivity contribution in [2.24, 2.45) is 5.92 Å². The van der Waals surface area contributed by atoms with E-state index in [2.05, 4.69) is 15.3 Å². The lowest BCUT2D eigenvalue weighted by molar-refractivity contribution is -0.126. The van der Waals surface area contributed by atoms with Crippen LogP contribution < -0.4 is 5.32 Å². The number of hydrogen-bond donors (Lipinski definition) is 2. The zero-order valence-electron chi connectivity index (χ0n) is 18.7. The van der Waals surface area contributed by atoms with Crippen LogP contribution in [0.2, 0.25) is 0 Å². The topological polar surface area (TPSA) is 95.2 Å². The number of aromatic amines is 1. The number of hydrogen-bond acceptors (Lipinski definition) is 4. The van der Waals surface area contributed by atoms with E-state index in [9.17, 15) is 13.2 Å². The Hall–Kier alpha value is -2.71. The molecule has 1 saturated heterocycles. The van der Waals surface area contributed by atoms with Crippen molar-refractivity contribution in [3.05, 3.63) is 59.9 Å². The Kier molecular flexibility index (Phi) is 6.35. The molecule has 8 heteroatoms. The van der Waals surface area contributed by atoms with Gasteiger partial charge in [0.05, 0.1) is 22.0 Å². The van der Waals surface area contributed by atoms with Gasteiger partial charge in [-0.05, 0) is 49.9 Å². The van der Waals surface area contributed by atoms with Crippen molar-refractivity contribution < 1.29 is 13.2 Å². The maximum absolute atomic E-state index is 13.4. The molecule has 0 spiro atoms. The zero-order chi connectivity index (χ0) is 22.9. The van der Waals surface area contributed by atoms with E-state index in [0.29, 0.717) is 18.8 Å². The van der Waals surface area contributed by atoms with Gasteiger partial charge in [0.25, 0.3) is 0 Å². The highest BCUT2D eigenvalue weighted by atomic mass is 32.2. The Morgan fingerprint density at radius 1 is 1.12 bits per heavy atom. The third kappa shape index (κ3) is 4.42. The first kappa shape index (κ1) is 22.5. The predicted octanol–water partition coefficient (Wildman–Crippen LogP) is 3.93. The van der Waals surface area contributed by atoms with Crippen molar-refractivity contribution in [3.63, 3.8) is 0 Å². The maximum atomic E-state index is 13.4. The van der Waals surface area contributed by atoms with Gasteiger partial charge in [0.2, 0.25) is 15.9 Å². The highest BCUT2D eigenvalue weighted by molar-refractivity contribution is 7.89. The molecule has 0 radical (unpaired) electrons. The molecule has 4 rings (SSSR count). The number of piperidine rings is 1. The number of amides is 1.